The highest BCUT2D eigenvalue weighted by molar-refractivity contribution is 6.03. The van der Waals surface area contributed by atoms with Crippen molar-refractivity contribution in [2.75, 3.05) is 0 Å². The van der Waals surface area contributed by atoms with Crippen LogP contribution in [0, 0.1) is 12.7 Å². The fraction of sp³-hybridized carbons (Fsp3) is 0.0952. The van der Waals surface area contributed by atoms with Gasteiger partial charge in [-0.1, -0.05) is 72.3 Å². The molecule has 2 heteroatoms. The van der Waals surface area contributed by atoms with E-state index in [9.17, 15) is 9.18 Å². The number of aryl methyl sites for hydroxylation is 1. The van der Waals surface area contributed by atoms with Crippen LogP contribution >= 0.6 is 0 Å². The molecular weight excluding hydrogens is 287 g/mol. The van der Waals surface area contributed by atoms with Gasteiger partial charge in [0, 0.05) is 5.56 Å². The van der Waals surface area contributed by atoms with Gasteiger partial charge in [0.2, 0.25) is 0 Å². The summed E-state index contributed by atoms with van der Waals surface area (Å²) in [6, 6.07) is 23.2. The van der Waals surface area contributed by atoms with Crippen LogP contribution in [0.3, 0.4) is 0 Å². The molecule has 0 fully saturated rings. The normalized spacial score (nSPS) is 11.9. The van der Waals surface area contributed by atoms with Gasteiger partial charge in [-0.2, -0.15) is 0 Å². The summed E-state index contributed by atoms with van der Waals surface area (Å²) in [6.45, 7) is 2.00. The zero-order valence-corrected chi connectivity index (χ0v) is 12.9. The van der Waals surface area contributed by atoms with Crippen molar-refractivity contribution in [3.05, 3.63) is 107 Å². The Hall–Kier alpha value is -2.74. The van der Waals surface area contributed by atoms with E-state index >= 15 is 0 Å². The van der Waals surface area contributed by atoms with Crippen molar-refractivity contribution in [1.29, 1.82) is 0 Å². The third kappa shape index (κ3) is 3.37. The van der Waals surface area contributed by atoms with Crippen LogP contribution in [-0.2, 0) is 0 Å². The van der Waals surface area contributed by atoms with Gasteiger partial charge in [0.15, 0.2) is 5.78 Å². The molecule has 0 spiro atoms. The van der Waals surface area contributed by atoms with Gasteiger partial charge >= 0.3 is 0 Å². The highest BCUT2D eigenvalue weighted by Crippen LogP contribution is 2.29. The zero-order valence-electron chi connectivity index (χ0n) is 12.9. The summed E-state index contributed by atoms with van der Waals surface area (Å²) >= 11 is 0. The molecule has 0 aliphatic rings. The number of carbonyl (C=O) groups is 1. The Labute approximate surface area is 135 Å². The maximum absolute atomic E-state index is 13.7. The number of hydrogen-bond donors (Lipinski definition) is 0. The Morgan fingerprint density at radius 3 is 2.17 bits per heavy atom. The van der Waals surface area contributed by atoms with Gasteiger partial charge in [-0.3, -0.25) is 4.79 Å². The van der Waals surface area contributed by atoms with Gasteiger partial charge in [0.05, 0.1) is 5.92 Å². The standard InChI is InChI=1S/C21H17FO/c1-15-10-12-16(13-11-15)20(18-8-5-9-19(22)14-18)21(23)17-6-3-2-4-7-17/h2-14,20H,1H3. The van der Waals surface area contributed by atoms with Crippen molar-refractivity contribution in [2.24, 2.45) is 0 Å². The fourth-order valence-corrected chi connectivity index (χ4v) is 2.71. The zero-order chi connectivity index (χ0) is 16.2. The van der Waals surface area contributed by atoms with E-state index in [-0.39, 0.29) is 11.6 Å². The smallest absolute Gasteiger partial charge is 0.174 e. The Morgan fingerprint density at radius 2 is 1.52 bits per heavy atom. The lowest BCUT2D eigenvalue weighted by Gasteiger charge is -2.17. The lowest BCUT2D eigenvalue weighted by molar-refractivity contribution is 0.0974. The number of benzene rings is 3. The summed E-state index contributed by atoms with van der Waals surface area (Å²) in [6.07, 6.45) is 0. The quantitative estimate of drug-likeness (QED) is 0.609. The molecule has 1 atom stereocenters. The van der Waals surface area contributed by atoms with Crippen molar-refractivity contribution < 1.29 is 9.18 Å². The van der Waals surface area contributed by atoms with Crippen molar-refractivity contribution in [3.8, 4) is 0 Å². The van der Waals surface area contributed by atoms with Crippen molar-refractivity contribution in [2.45, 2.75) is 12.8 Å². The third-order valence-electron chi connectivity index (χ3n) is 3.91. The van der Waals surface area contributed by atoms with Crippen molar-refractivity contribution >= 4 is 5.78 Å². The van der Waals surface area contributed by atoms with E-state index in [0.717, 1.165) is 11.1 Å². The molecule has 0 radical (unpaired) electrons. The lowest BCUT2D eigenvalue weighted by Crippen LogP contribution is -2.14. The topological polar surface area (TPSA) is 17.1 Å². The average molecular weight is 304 g/mol. The van der Waals surface area contributed by atoms with Crippen LogP contribution in [0.1, 0.15) is 33.0 Å². The molecule has 0 aliphatic carbocycles. The minimum atomic E-state index is -0.506. The molecule has 0 saturated carbocycles. The van der Waals surface area contributed by atoms with Gasteiger partial charge in [-0.05, 0) is 30.2 Å². The van der Waals surface area contributed by atoms with Crippen LogP contribution in [0.4, 0.5) is 4.39 Å². The molecule has 114 valence electrons. The molecule has 0 saturated heterocycles. The van der Waals surface area contributed by atoms with Crippen LogP contribution in [0.25, 0.3) is 0 Å². The number of hydrogen-bond acceptors (Lipinski definition) is 1. The van der Waals surface area contributed by atoms with Gasteiger partial charge in [-0.25, -0.2) is 4.39 Å². The summed E-state index contributed by atoms with van der Waals surface area (Å²) in [5.74, 6) is -0.866. The summed E-state index contributed by atoms with van der Waals surface area (Å²) in [5, 5.41) is 0. The molecule has 0 amide bonds. The second-order valence-electron chi connectivity index (χ2n) is 5.63. The van der Waals surface area contributed by atoms with Crippen LogP contribution in [0.15, 0.2) is 78.9 Å². The van der Waals surface area contributed by atoms with Crippen LogP contribution in [-0.4, -0.2) is 5.78 Å². The van der Waals surface area contributed by atoms with Crippen LogP contribution in [0.2, 0.25) is 0 Å². The largest absolute Gasteiger partial charge is 0.293 e. The molecule has 1 unspecified atom stereocenters. The second-order valence-corrected chi connectivity index (χ2v) is 5.63. The third-order valence-corrected chi connectivity index (χ3v) is 3.91. The number of Topliss-reactive ketones (excluding diaryl/α,β-unsaturated/α-hetero) is 1. The highest BCUT2D eigenvalue weighted by atomic mass is 19.1. The van der Waals surface area contributed by atoms with E-state index < -0.39 is 5.92 Å². The van der Waals surface area contributed by atoms with Crippen molar-refractivity contribution in [3.63, 3.8) is 0 Å². The number of ketones is 1. The molecule has 0 N–H and O–H groups in total. The first-order chi connectivity index (χ1) is 11.1. The van der Waals surface area contributed by atoms with E-state index in [2.05, 4.69) is 0 Å². The van der Waals surface area contributed by atoms with E-state index in [4.69, 9.17) is 0 Å². The Bertz CT molecular complexity index is 807. The predicted molar refractivity (Wildman–Crippen MR) is 90.2 cm³/mol. The summed E-state index contributed by atoms with van der Waals surface area (Å²) < 4.78 is 13.7. The predicted octanol–water partition coefficient (Wildman–Crippen LogP) is 5.15. The Morgan fingerprint density at radius 1 is 0.826 bits per heavy atom. The first-order valence-electron chi connectivity index (χ1n) is 7.56. The molecular formula is C21H17FO. The highest BCUT2D eigenvalue weighted by Gasteiger charge is 2.24. The Kier molecular flexibility index (Phi) is 4.33. The summed E-state index contributed by atoms with van der Waals surface area (Å²) in [5.41, 5.74) is 3.29. The van der Waals surface area contributed by atoms with E-state index in [1.54, 1.807) is 24.3 Å². The summed E-state index contributed by atoms with van der Waals surface area (Å²) in [7, 11) is 0. The molecule has 0 bridgehead atoms. The first kappa shape index (κ1) is 15.2. The molecule has 0 aliphatic heterocycles. The van der Waals surface area contributed by atoms with Gasteiger partial charge < -0.3 is 0 Å². The molecule has 0 heterocycles. The van der Waals surface area contributed by atoms with Gasteiger partial charge in [0.1, 0.15) is 5.82 Å². The maximum Gasteiger partial charge on any atom is 0.174 e. The first-order valence-corrected chi connectivity index (χ1v) is 7.56. The minimum absolute atomic E-state index is 0.0277. The molecule has 0 aromatic heterocycles. The number of halogens is 1. The van der Waals surface area contributed by atoms with E-state index in [0.29, 0.717) is 11.1 Å². The number of rotatable bonds is 4. The SMILES string of the molecule is Cc1ccc(C(C(=O)c2ccccc2)c2cccc(F)c2)cc1. The molecule has 1 nitrogen and oxygen atoms in total. The van der Waals surface area contributed by atoms with E-state index in [1.807, 2.05) is 49.4 Å². The molecule has 3 aromatic rings. The van der Waals surface area contributed by atoms with E-state index in [1.165, 1.54) is 12.1 Å². The van der Waals surface area contributed by atoms with Crippen molar-refractivity contribution in [1.82, 2.24) is 0 Å². The monoisotopic (exact) mass is 304 g/mol. The fourth-order valence-electron chi connectivity index (χ4n) is 2.71. The molecule has 3 rings (SSSR count). The molecule has 3 aromatic carbocycles. The number of carbonyl (C=O) groups excluding carboxylic acids is 1. The average Bonchev–Trinajstić information content (AvgIpc) is 2.58. The maximum atomic E-state index is 13.7. The lowest BCUT2D eigenvalue weighted by atomic mass is 9.84. The van der Waals surface area contributed by atoms with Gasteiger partial charge in [0.25, 0.3) is 0 Å². The van der Waals surface area contributed by atoms with Crippen LogP contribution in [0.5, 0.6) is 0 Å². The van der Waals surface area contributed by atoms with Crippen LogP contribution < -0.4 is 0 Å². The molecule has 23 heavy (non-hydrogen) atoms. The van der Waals surface area contributed by atoms with Gasteiger partial charge in [-0.15, -0.1) is 0 Å². The second kappa shape index (κ2) is 6.57. The Balaban J connectivity index is 2.10. The summed E-state index contributed by atoms with van der Waals surface area (Å²) in [4.78, 5) is 13.0. The minimum Gasteiger partial charge on any atom is -0.293 e.